The van der Waals surface area contributed by atoms with Gasteiger partial charge in [-0.3, -0.25) is 0 Å². The fourth-order valence-electron chi connectivity index (χ4n) is 0.979. The Labute approximate surface area is 71.7 Å². The van der Waals surface area contributed by atoms with Crippen molar-refractivity contribution in [2.75, 3.05) is 0 Å². The largest absolute Gasteiger partial charge is 0.383 e. The molecule has 0 aliphatic heterocycles. The van der Waals surface area contributed by atoms with Gasteiger partial charge < -0.3 is 5.73 Å². The minimum atomic E-state index is 0.517. The molecule has 0 aliphatic carbocycles. The molecule has 1 rings (SSSR count). The van der Waals surface area contributed by atoms with E-state index < -0.39 is 0 Å². The highest BCUT2D eigenvalue weighted by atomic mass is 14.9. The average Bonchev–Trinajstić information content (AvgIpc) is 2.05. The number of aliphatic imine (C=N–C) groups is 1. The van der Waals surface area contributed by atoms with Crippen molar-refractivity contribution in [2.24, 2.45) is 10.7 Å². The Morgan fingerprint density at radius 3 is 2.75 bits per heavy atom. The van der Waals surface area contributed by atoms with Crippen molar-refractivity contribution in [3.63, 3.8) is 0 Å². The van der Waals surface area contributed by atoms with Crippen molar-refractivity contribution in [1.82, 2.24) is 0 Å². The Morgan fingerprint density at radius 1 is 1.50 bits per heavy atom. The molecule has 0 aliphatic rings. The molecular formula is C10H12N2. The van der Waals surface area contributed by atoms with Gasteiger partial charge in [-0.2, -0.15) is 0 Å². The quantitative estimate of drug-likeness (QED) is 0.586. The van der Waals surface area contributed by atoms with Crippen LogP contribution in [0.1, 0.15) is 6.92 Å². The van der Waals surface area contributed by atoms with Crippen LogP contribution < -0.4 is 16.2 Å². The van der Waals surface area contributed by atoms with Gasteiger partial charge in [0, 0.05) is 11.4 Å². The number of hydrogen-bond acceptors (Lipinski definition) is 2. The smallest absolute Gasteiger partial charge is 0.130 e. The van der Waals surface area contributed by atoms with Crippen LogP contribution in [0.3, 0.4) is 0 Å². The fourth-order valence-corrected chi connectivity index (χ4v) is 0.979. The molecule has 0 spiro atoms. The summed E-state index contributed by atoms with van der Waals surface area (Å²) in [6.07, 6.45) is 1.67. The van der Waals surface area contributed by atoms with Gasteiger partial charge in [-0.15, -0.1) is 0 Å². The van der Waals surface area contributed by atoms with Crippen LogP contribution >= 0.6 is 0 Å². The second-order valence-electron chi connectivity index (χ2n) is 2.43. The monoisotopic (exact) mass is 160 g/mol. The summed E-state index contributed by atoms with van der Waals surface area (Å²) >= 11 is 0. The molecule has 0 bridgehead atoms. The first-order valence-corrected chi connectivity index (χ1v) is 3.78. The van der Waals surface area contributed by atoms with Crippen molar-refractivity contribution in [3.8, 4) is 0 Å². The first-order valence-electron chi connectivity index (χ1n) is 3.78. The van der Waals surface area contributed by atoms with Crippen LogP contribution in [-0.2, 0) is 0 Å². The summed E-state index contributed by atoms with van der Waals surface area (Å²) < 4.78 is 0. The maximum absolute atomic E-state index is 5.69. The van der Waals surface area contributed by atoms with Crippen LogP contribution in [0.5, 0.6) is 0 Å². The number of nitrogens with two attached hydrogens (primary N) is 1. The van der Waals surface area contributed by atoms with Crippen LogP contribution in [0.4, 0.5) is 0 Å². The number of benzene rings is 1. The molecular weight excluding hydrogens is 148 g/mol. The van der Waals surface area contributed by atoms with Gasteiger partial charge in [-0.05, 0) is 12.1 Å². The van der Waals surface area contributed by atoms with Crippen molar-refractivity contribution in [1.29, 1.82) is 0 Å². The Morgan fingerprint density at radius 2 is 2.17 bits per heavy atom. The van der Waals surface area contributed by atoms with Gasteiger partial charge in [-0.1, -0.05) is 30.8 Å². The zero-order valence-electron chi connectivity index (χ0n) is 7.12. The molecule has 2 N–H and O–H groups in total. The number of rotatable bonds is 1. The first kappa shape index (κ1) is 8.53. The van der Waals surface area contributed by atoms with Crippen LogP contribution in [0.2, 0.25) is 0 Å². The predicted molar refractivity (Wildman–Crippen MR) is 53.0 cm³/mol. The summed E-state index contributed by atoms with van der Waals surface area (Å²) in [5.74, 6) is 0.517. The first-order chi connectivity index (χ1) is 5.75. The van der Waals surface area contributed by atoms with E-state index in [0.717, 1.165) is 10.4 Å². The summed E-state index contributed by atoms with van der Waals surface area (Å²) in [5, 5.41) is 1.80. The van der Waals surface area contributed by atoms with E-state index in [1.165, 1.54) is 0 Å². The second-order valence-corrected chi connectivity index (χ2v) is 2.43. The van der Waals surface area contributed by atoms with Crippen LogP contribution in [0, 0.1) is 0 Å². The molecule has 0 atom stereocenters. The highest BCUT2D eigenvalue weighted by molar-refractivity contribution is 5.61. The van der Waals surface area contributed by atoms with Crippen LogP contribution in [-0.4, -0.2) is 6.21 Å². The van der Waals surface area contributed by atoms with Crippen molar-refractivity contribution in [2.45, 2.75) is 6.92 Å². The Bertz CT molecular complexity index is 391. The van der Waals surface area contributed by atoms with Gasteiger partial charge in [0.05, 0.1) is 0 Å². The van der Waals surface area contributed by atoms with Crippen LogP contribution in [0.25, 0.3) is 12.4 Å². The predicted octanol–water partition coefficient (Wildman–Crippen LogP) is 0.212. The van der Waals surface area contributed by atoms with E-state index in [1.807, 2.05) is 31.2 Å². The molecule has 62 valence electrons. The van der Waals surface area contributed by atoms with Crippen molar-refractivity contribution >= 4 is 18.6 Å². The standard InChI is InChI=1S/C10H12N2/c1-3-12-10(11)9-7-5-4-6-8(9)2/h3-7H,2,11H2,1H3/b10-9-,12-3?. The molecule has 0 unspecified atom stereocenters. The van der Waals surface area contributed by atoms with Gasteiger partial charge in [0.1, 0.15) is 5.82 Å². The molecule has 0 aromatic heterocycles. The molecule has 0 radical (unpaired) electrons. The van der Waals surface area contributed by atoms with Gasteiger partial charge in [0.25, 0.3) is 0 Å². The van der Waals surface area contributed by atoms with Crippen LogP contribution in [0.15, 0.2) is 29.3 Å². The van der Waals surface area contributed by atoms with E-state index in [4.69, 9.17) is 5.73 Å². The summed E-state index contributed by atoms with van der Waals surface area (Å²) in [6, 6.07) is 7.66. The molecule has 2 nitrogen and oxygen atoms in total. The normalized spacial score (nSPS) is 13.4. The zero-order chi connectivity index (χ0) is 8.97. The van der Waals surface area contributed by atoms with E-state index in [1.54, 1.807) is 6.21 Å². The minimum Gasteiger partial charge on any atom is -0.383 e. The molecule has 0 heterocycles. The average molecular weight is 160 g/mol. The Balaban J connectivity index is 3.45. The lowest BCUT2D eigenvalue weighted by molar-refractivity contribution is 1.36. The summed E-state index contributed by atoms with van der Waals surface area (Å²) in [4.78, 5) is 3.99. The molecule has 1 aromatic rings. The van der Waals surface area contributed by atoms with Gasteiger partial charge in [0.2, 0.25) is 0 Å². The number of hydrogen-bond donors (Lipinski definition) is 1. The molecule has 2 heteroatoms. The Kier molecular flexibility index (Phi) is 2.64. The van der Waals surface area contributed by atoms with E-state index >= 15 is 0 Å². The number of nitrogens with zero attached hydrogens (tertiary/aromatic N) is 1. The molecule has 0 saturated carbocycles. The lowest BCUT2D eigenvalue weighted by Gasteiger charge is -1.92. The summed E-state index contributed by atoms with van der Waals surface area (Å²) in [5.41, 5.74) is 5.69. The maximum atomic E-state index is 5.69. The van der Waals surface area contributed by atoms with E-state index in [9.17, 15) is 0 Å². The SMILES string of the molecule is C=c1cccc/c1=C(\N)N=CC. The van der Waals surface area contributed by atoms with Gasteiger partial charge in [0.15, 0.2) is 0 Å². The summed E-state index contributed by atoms with van der Waals surface area (Å²) in [7, 11) is 0. The molecule has 0 saturated heterocycles. The highest BCUT2D eigenvalue weighted by Gasteiger charge is 1.86. The van der Waals surface area contributed by atoms with E-state index in [-0.39, 0.29) is 0 Å². The third kappa shape index (κ3) is 1.72. The fraction of sp³-hybridized carbons (Fsp3) is 0.100. The molecule has 12 heavy (non-hydrogen) atoms. The zero-order valence-corrected chi connectivity index (χ0v) is 7.12. The molecule has 1 aromatic carbocycles. The van der Waals surface area contributed by atoms with E-state index in [2.05, 4.69) is 11.6 Å². The molecule has 0 fully saturated rings. The minimum absolute atomic E-state index is 0.517. The lowest BCUT2D eigenvalue weighted by Crippen LogP contribution is -2.27. The van der Waals surface area contributed by atoms with Gasteiger partial charge in [-0.25, -0.2) is 4.99 Å². The maximum Gasteiger partial charge on any atom is 0.130 e. The van der Waals surface area contributed by atoms with Crippen molar-refractivity contribution in [3.05, 3.63) is 34.7 Å². The third-order valence-corrected chi connectivity index (χ3v) is 1.56. The lowest BCUT2D eigenvalue weighted by atomic mass is 10.2. The second kappa shape index (κ2) is 3.72. The van der Waals surface area contributed by atoms with E-state index in [0.29, 0.717) is 5.82 Å². The van der Waals surface area contributed by atoms with Crippen molar-refractivity contribution < 1.29 is 0 Å². The third-order valence-electron chi connectivity index (χ3n) is 1.56. The molecule has 0 amide bonds. The van der Waals surface area contributed by atoms with Gasteiger partial charge >= 0.3 is 0 Å². The summed E-state index contributed by atoms with van der Waals surface area (Å²) in [6.45, 7) is 5.68. The topological polar surface area (TPSA) is 38.4 Å². The highest BCUT2D eigenvalue weighted by Crippen LogP contribution is 1.79. The Hall–Kier alpha value is -1.57.